The second-order valence-corrected chi connectivity index (χ2v) is 7.82. The second kappa shape index (κ2) is 5.71. The number of fused-ring (bicyclic) bond motifs is 4. The van der Waals surface area contributed by atoms with E-state index in [4.69, 9.17) is 15.9 Å². The van der Waals surface area contributed by atoms with E-state index in [2.05, 4.69) is 16.1 Å². The lowest BCUT2D eigenvalue weighted by Crippen LogP contribution is -2.22. The summed E-state index contributed by atoms with van der Waals surface area (Å²) in [5.41, 5.74) is -0.0357. The molecule has 0 aliphatic carbocycles. The Morgan fingerprint density at radius 1 is 1.15 bits per heavy atom. The smallest absolute Gasteiger partial charge is 0.260 e. The van der Waals surface area contributed by atoms with Gasteiger partial charge < -0.3 is 9.47 Å². The molecule has 2 aromatic heterocycles. The number of sulfone groups is 1. The summed E-state index contributed by atoms with van der Waals surface area (Å²) in [4.78, 5) is 12.9. The van der Waals surface area contributed by atoms with Crippen molar-refractivity contribution >= 4 is 31.6 Å². The van der Waals surface area contributed by atoms with Crippen LogP contribution in [0.4, 0.5) is 0 Å². The van der Waals surface area contributed by atoms with Crippen molar-refractivity contribution in [3.05, 3.63) is 28.6 Å². The molecular formula is C17H13N3O5S. The maximum absolute atomic E-state index is 12.9. The third-order valence-corrected chi connectivity index (χ3v) is 5.11. The number of rotatable bonds is 3. The molecule has 0 unspecified atom stereocenters. The van der Waals surface area contributed by atoms with Crippen molar-refractivity contribution in [1.29, 1.82) is 0 Å². The Morgan fingerprint density at radius 2 is 1.85 bits per heavy atom. The highest BCUT2D eigenvalue weighted by molar-refractivity contribution is 7.90. The molecule has 1 aromatic carbocycles. The maximum atomic E-state index is 12.9. The van der Waals surface area contributed by atoms with E-state index in [1.807, 2.05) is 0 Å². The topological polar surface area (TPSA) is 100 Å². The molecular weight excluding hydrogens is 358 g/mol. The van der Waals surface area contributed by atoms with Crippen LogP contribution in [0.1, 0.15) is 6.42 Å². The van der Waals surface area contributed by atoms with E-state index in [0.717, 1.165) is 6.26 Å². The number of aryl methyl sites for hydroxylation is 1. The van der Waals surface area contributed by atoms with Crippen LogP contribution < -0.4 is 15.0 Å². The van der Waals surface area contributed by atoms with Crippen molar-refractivity contribution in [3.8, 4) is 23.8 Å². The van der Waals surface area contributed by atoms with Gasteiger partial charge in [0.15, 0.2) is 32.0 Å². The predicted octanol–water partition coefficient (Wildman–Crippen LogP) is 1.10. The monoisotopic (exact) mass is 371 g/mol. The molecule has 3 aromatic rings. The molecule has 0 saturated carbocycles. The summed E-state index contributed by atoms with van der Waals surface area (Å²) < 4.78 is 35.9. The van der Waals surface area contributed by atoms with Crippen molar-refractivity contribution in [2.75, 3.05) is 13.0 Å². The zero-order chi connectivity index (χ0) is 18.5. The summed E-state index contributed by atoms with van der Waals surface area (Å²) in [7, 11) is -3.56. The SMILES string of the molecule is C#CCCn1c(=O)c2cc3c(cc2c2cc(S(C)(=O)=O)nnc21)OCO3. The van der Waals surface area contributed by atoms with Gasteiger partial charge >= 0.3 is 0 Å². The van der Waals surface area contributed by atoms with Crippen molar-refractivity contribution in [2.24, 2.45) is 0 Å². The van der Waals surface area contributed by atoms with Gasteiger partial charge in [0.2, 0.25) is 6.79 Å². The molecule has 9 heteroatoms. The van der Waals surface area contributed by atoms with E-state index < -0.39 is 9.84 Å². The first-order valence-corrected chi connectivity index (χ1v) is 9.56. The lowest BCUT2D eigenvalue weighted by Gasteiger charge is -2.12. The molecule has 0 fully saturated rings. The zero-order valence-corrected chi connectivity index (χ0v) is 14.5. The highest BCUT2D eigenvalue weighted by atomic mass is 32.2. The molecule has 0 atom stereocenters. The van der Waals surface area contributed by atoms with Gasteiger partial charge in [-0.15, -0.1) is 22.5 Å². The minimum Gasteiger partial charge on any atom is -0.454 e. The van der Waals surface area contributed by atoms with Crippen molar-refractivity contribution in [2.45, 2.75) is 18.0 Å². The van der Waals surface area contributed by atoms with Crippen LogP contribution >= 0.6 is 0 Å². The first-order valence-electron chi connectivity index (χ1n) is 7.67. The molecule has 0 radical (unpaired) electrons. The van der Waals surface area contributed by atoms with Gasteiger partial charge in [0, 0.05) is 30.0 Å². The Kier molecular flexibility index (Phi) is 3.59. The van der Waals surface area contributed by atoms with Crippen LogP contribution in [0.25, 0.3) is 21.8 Å². The van der Waals surface area contributed by atoms with E-state index in [1.54, 1.807) is 12.1 Å². The van der Waals surface area contributed by atoms with Crippen molar-refractivity contribution < 1.29 is 17.9 Å². The highest BCUT2D eigenvalue weighted by Crippen LogP contribution is 2.37. The van der Waals surface area contributed by atoms with Gasteiger partial charge in [0.25, 0.3) is 5.56 Å². The molecule has 4 rings (SSSR count). The number of aromatic nitrogens is 3. The largest absolute Gasteiger partial charge is 0.454 e. The summed E-state index contributed by atoms with van der Waals surface area (Å²) in [5.74, 6) is 3.43. The highest BCUT2D eigenvalue weighted by Gasteiger charge is 2.21. The summed E-state index contributed by atoms with van der Waals surface area (Å²) >= 11 is 0. The third-order valence-electron chi connectivity index (χ3n) is 4.15. The number of terminal acetylenes is 1. The molecule has 8 nitrogen and oxygen atoms in total. The number of hydrogen-bond acceptors (Lipinski definition) is 7. The van der Waals surface area contributed by atoms with E-state index in [1.165, 1.54) is 10.6 Å². The fourth-order valence-electron chi connectivity index (χ4n) is 2.91. The second-order valence-electron chi connectivity index (χ2n) is 5.85. The molecule has 0 amide bonds. The summed E-state index contributed by atoms with van der Waals surface area (Å²) in [5, 5.41) is 8.95. The zero-order valence-electron chi connectivity index (χ0n) is 13.7. The number of nitrogens with zero attached hydrogens (tertiary/aromatic N) is 3. The van der Waals surface area contributed by atoms with E-state index in [0.29, 0.717) is 34.1 Å². The summed E-state index contributed by atoms with van der Waals surface area (Å²) in [6.07, 6.45) is 6.69. The average Bonchev–Trinajstić information content (AvgIpc) is 3.06. The van der Waals surface area contributed by atoms with Crippen LogP contribution in [-0.4, -0.2) is 36.2 Å². The first kappa shape index (κ1) is 16.4. The van der Waals surface area contributed by atoms with E-state index in [-0.39, 0.29) is 29.6 Å². The molecule has 3 heterocycles. The standard InChI is InChI=1S/C17H13N3O5S/c1-3-4-5-20-16-11(8-15(18-19-16)26(2,22)23)10-6-13-14(25-9-24-13)7-12(10)17(20)21/h1,6-8H,4-5,9H2,2H3. The number of ether oxygens (including phenoxy) is 2. The van der Waals surface area contributed by atoms with Gasteiger partial charge in [-0.25, -0.2) is 8.42 Å². The first-order chi connectivity index (χ1) is 12.4. The van der Waals surface area contributed by atoms with Crippen molar-refractivity contribution in [1.82, 2.24) is 14.8 Å². The molecule has 26 heavy (non-hydrogen) atoms. The predicted molar refractivity (Wildman–Crippen MR) is 94.0 cm³/mol. The number of hydrogen-bond donors (Lipinski definition) is 0. The van der Waals surface area contributed by atoms with Gasteiger partial charge in [0.05, 0.1) is 5.39 Å². The maximum Gasteiger partial charge on any atom is 0.260 e. The molecule has 132 valence electrons. The van der Waals surface area contributed by atoms with E-state index in [9.17, 15) is 13.2 Å². The molecule has 0 bridgehead atoms. The molecule has 0 N–H and O–H groups in total. The Bertz CT molecular complexity index is 1270. The van der Waals surface area contributed by atoms with Crippen LogP contribution in [0.15, 0.2) is 28.0 Å². The van der Waals surface area contributed by atoms with Gasteiger partial charge in [0.1, 0.15) is 0 Å². The fraction of sp³-hybridized carbons (Fsp3) is 0.235. The van der Waals surface area contributed by atoms with Crippen LogP contribution in [-0.2, 0) is 16.4 Å². The molecule has 0 saturated heterocycles. The third kappa shape index (κ3) is 2.46. The summed E-state index contributed by atoms with van der Waals surface area (Å²) in [6.45, 7) is 0.298. The van der Waals surface area contributed by atoms with Gasteiger partial charge in [-0.05, 0) is 18.2 Å². The van der Waals surface area contributed by atoms with Crippen LogP contribution in [0.3, 0.4) is 0 Å². The molecule has 0 spiro atoms. The molecule has 1 aliphatic rings. The quantitative estimate of drug-likeness (QED) is 0.502. The van der Waals surface area contributed by atoms with Gasteiger partial charge in [-0.3, -0.25) is 9.36 Å². The molecule has 1 aliphatic heterocycles. The van der Waals surface area contributed by atoms with Gasteiger partial charge in [-0.2, -0.15) is 0 Å². The van der Waals surface area contributed by atoms with Crippen molar-refractivity contribution in [3.63, 3.8) is 0 Å². The Balaban J connectivity index is 2.17. The minimum absolute atomic E-state index is 0.0588. The minimum atomic E-state index is -3.56. The lowest BCUT2D eigenvalue weighted by molar-refractivity contribution is 0.174. The number of benzene rings is 1. The summed E-state index contributed by atoms with van der Waals surface area (Å²) in [6, 6.07) is 4.65. The van der Waals surface area contributed by atoms with Gasteiger partial charge in [-0.1, -0.05) is 0 Å². The Labute approximate surface area is 148 Å². The van der Waals surface area contributed by atoms with Crippen LogP contribution in [0, 0.1) is 12.3 Å². The fourth-order valence-corrected chi connectivity index (χ4v) is 3.43. The Hall–Kier alpha value is -3.12. The Morgan fingerprint density at radius 3 is 2.50 bits per heavy atom. The number of pyridine rings is 1. The lowest BCUT2D eigenvalue weighted by atomic mass is 10.1. The van der Waals surface area contributed by atoms with Crippen LogP contribution in [0.5, 0.6) is 11.5 Å². The average molecular weight is 371 g/mol. The van der Waals surface area contributed by atoms with Crippen LogP contribution in [0.2, 0.25) is 0 Å². The normalized spacial score (nSPS) is 13.2. The van der Waals surface area contributed by atoms with E-state index >= 15 is 0 Å².